The molecule has 1 saturated heterocycles. The highest BCUT2D eigenvalue weighted by atomic mass is 32.1. The van der Waals surface area contributed by atoms with E-state index in [9.17, 15) is 34.3 Å². The van der Waals surface area contributed by atoms with Gasteiger partial charge in [0.25, 0.3) is 0 Å². The molecule has 4 N–H and O–H groups in total. The number of aliphatic imine (C=N–C) groups is 1. The lowest BCUT2D eigenvalue weighted by Gasteiger charge is -2.35. The van der Waals surface area contributed by atoms with Crippen molar-refractivity contribution in [2.24, 2.45) is 10.4 Å². The number of rotatable bonds is 21. The summed E-state index contributed by atoms with van der Waals surface area (Å²) in [6.45, 7) is 14.9. The minimum Gasteiger partial charge on any atom is -0.469 e. The van der Waals surface area contributed by atoms with E-state index < -0.39 is 59.2 Å². The number of nitrogens with one attached hydrogen (secondary N) is 3. The van der Waals surface area contributed by atoms with Crippen molar-refractivity contribution < 1.29 is 48.0 Å². The number of carbonyl (C=O) groups is 5. The smallest absolute Gasteiger partial charge is 0.308 e. The van der Waals surface area contributed by atoms with Crippen LogP contribution in [0.2, 0.25) is 0 Å². The highest BCUT2D eigenvalue weighted by Gasteiger charge is 2.45. The first-order valence-electron chi connectivity index (χ1n) is 26.2. The summed E-state index contributed by atoms with van der Waals surface area (Å²) >= 11 is 3.18. The number of aryl methyl sites for hydroxylation is 3. The maximum atomic E-state index is 14.1. The number of thiophene rings is 1. The number of hydrogen-bond acceptors (Lipinski definition) is 17. The van der Waals surface area contributed by atoms with Crippen LogP contribution in [-0.2, 0) is 42.9 Å². The van der Waals surface area contributed by atoms with Gasteiger partial charge in [-0.25, -0.2) is 4.98 Å². The molecule has 3 aromatic heterocycles. The Bertz CT molecular complexity index is 3320. The first kappa shape index (κ1) is 58.6. The SMILES string of the molecule is COC(=O)C[C@@H]1N=C(c2ccc(-c3ccc(NC(=O)COCCOCCOCC(=O)N[C@H](C(=O)N4C[C@H](O)C[C@H]4C(=O)N[C@@H](C)c4ccc(-c5scnc5C)cc4)C(C)(C)C)c(C#N)c3)cc2)c2c(sc(C)c2C)-n2c(C)nnc21. The van der Waals surface area contributed by atoms with Crippen molar-refractivity contribution in [1.82, 2.24) is 35.3 Å². The Morgan fingerprint density at radius 2 is 1.50 bits per heavy atom. The van der Waals surface area contributed by atoms with Gasteiger partial charge in [-0.2, -0.15) is 5.26 Å². The molecule has 80 heavy (non-hydrogen) atoms. The van der Waals surface area contributed by atoms with Crippen molar-refractivity contribution in [2.75, 3.05) is 58.6 Å². The lowest BCUT2D eigenvalue weighted by Crippen LogP contribution is -2.58. The van der Waals surface area contributed by atoms with E-state index in [2.05, 4.69) is 51.0 Å². The van der Waals surface area contributed by atoms with Gasteiger partial charge in [0.1, 0.15) is 48.2 Å². The van der Waals surface area contributed by atoms with Gasteiger partial charge < -0.3 is 44.9 Å². The highest BCUT2D eigenvalue weighted by Crippen LogP contribution is 2.40. The number of anilines is 1. The van der Waals surface area contributed by atoms with E-state index in [4.69, 9.17) is 23.9 Å². The number of likely N-dealkylation sites (tertiary alicyclic amines) is 1. The lowest BCUT2D eigenvalue weighted by atomic mass is 9.85. The van der Waals surface area contributed by atoms with Crippen LogP contribution in [0, 0.1) is 44.4 Å². The van der Waals surface area contributed by atoms with Crippen LogP contribution in [0.3, 0.4) is 0 Å². The van der Waals surface area contributed by atoms with E-state index >= 15 is 0 Å². The second-order valence-corrected chi connectivity index (χ2v) is 22.8. The summed E-state index contributed by atoms with van der Waals surface area (Å²) in [4.78, 5) is 79.3. The Kier molecular flexibility index (Phi) is 18.9. The average Bonchev–Trinajstić information content (AvgIpc) is 4.31. The molecule has 1 fully saturated rings. The largest absolute Gasteiger partial charge is 0.469 e. The number of methoxy groups -OCH3 is 1. The van der Waals surface area contributed by atoms with E-state index in [0.29, 0.717) is 17.3 Å². The van der Waals surface area contributed by atoms with Gasteiger partial charge >= 0.3 is 5.97 Å². The van der Waals surface area contributed by atoms with Gasteiger partial charge in [0, 0.05) is 29.0 Å². The molecule has 0 aliphatic carbocycles. The molecule has 0 radical (unpaired) electrons. The molecule has 0 unspecified atom stereocenters. The third kappa shape index (κ3) is 13.5. The summed E-state index contributed by atoms with van der Waals surface area (Å²) in [6, 6.07) is 20.1. The number of aliphatic hydroxyl groups excluding tert-OH is 1. The number of aromatic nitrogens is 4. The molecule has 2 aliphatic rings. The predicted molar refractivity (Wildman–Crippen MR) is 302 cm³/mol. The van der Waals surface area contributed by atoms with Crippen molar-refractivity contribution in [3.05, 3.63) is 122 Å². The number of hydrogen-bond donors (Lipinski definition) is 4. The maximum absolute atomic E-state index is 14.1. The Hall–Kier alpha value is -7.52. The molecule has 420 valence electrons. The van der Waals surface area contributed by atoms with Crippen LogP contribution in [0.4, 0.5) is 5.69 Å². The van der Waals surface area contributed by atoms with E-state index in [1.807, 2.05) is 79.9 Å². The van der Waals surface area contributed by atoms with Crippen molar-refractivity contribution >= 4 is 63.7 Å². The summed E-state index contributed by atoms with van der Waals surface area (Å²) < 4.78 is 23.6. The van der Waals surface area contributed by atoms with E-state index in [1.165, 1.54) is 12.0 Å². The van der Waals surface area contributed by atoms with Crippen molar-refractivity contribution in [1.29, 1.82) is 5.26 Å². The van der Waals surface area contributed by atoms with Gasteiger partial charge in [0.15, 0.2) is 5.82 Å². The number of aliphatic hydroxyl groups is 1. The van der Waals surface area contributed by atoms with Crippen molar-refractivity contribution in [3.63, 3.8) is 0 Å². The van der Waals surface area contributed by atoms with Crippen LogP contribution in [0.25, 0.3) is 26.6 Å². The van der Waals surface area contributed by atoms with Crippen molar-refractivity contribution in [3.8, 4) is 32.6 Å². The summed E-state index contributed by atoms with van der Waals surface area (Å²) in [5.41, 5.74) is 9.65. The van der Waals surface area contributed by atoms with Gasteiger partial charge in [0.05, 0.1) is 85.1 Å². The number of carbonyl (C=O) groups excluding carboxylic acids is 5. The van der Waals surface area contributed by atoms with E-state index in [1.54, 1.807) is 61.1 Å². The molecular formula is C58H66N10O10S2. The van der Waals surface area contributed by atoms with Gasteiger partial charge in [-0.3, -0.25) is 33.5 Å². The summed E-state index contributed by atoms with van der Waals surface area (Å²) in [5, 5.41) is 38.9. The van der Waals surface area contributed by atoms with Gasteiger partial charge in [-0.15, -0.1) is 32.9 Å². The van der Waals surface area contributed by atoms with Crippen LogP contribution < -0.4 is 16.0 Å². The standard InChI is InChI=1S/C58H66N10O10S2/c1-32-35(4)80-57-50(32)51(63-45(26-49(72)75-9)54-66-65-36(5)68(54)57)39-14-12-38(13-15-39)41-18-19-44(42(24-41)27-59)62-47(70)29-77-22-20-76-21-23-78-30-48(71)64-53(58(6,7)8)56(74)67-28-43(69)25-46(67)55(73)61-33(2)37-10-16-40(17-11-37)52-34(3)60-31-79-52/h10-19,24,31,33,43,45-46,53,69H,20-23,25-26,28-30H2,1-9H3,(H,61,73)(H,62,70)(H,64,71)/t33-,43+,45-,46-,53+/m0/s1. The summed E-state index contributed by atoms with van der Waals surface area (Å²) in [7, 11) is 1.35. The van der Waals surface area contributed by atoms with E-state index in [-0.39, 0.29) is 70.6 Å². The molecule has 0 spiro atoms. The van der Waals surface area contributed by atoms with Gasteiger partial charge in [-0.1, -0.05) is 75.4 Å². The number of nitriles is 1. The number of ether oxygens (including phenoxy) is 4. The van der Waals surface area contributed by atoms with Crippen LogP contribution in [0.1, 0.15) is 103 Å². The van der Waals surface area contributed by atoms with Crippen LogP contribution in [-0.4, -0.2) is 137 Å². The quantitative estimate of drug-likeness (QED) is 0.0416. The zero-order chi connectivity index (χ0) is 57.4. The molecule has 0 bridgehead atoms. The molecule has 6 aromatic rings. The predicted octanol–water partition coefficient (Wildman–Crippen LogP) is 7.04. The Balaban J connectivity index is 0.760. The number of amides is 4. The fourth-order valence-corrected chi connectivity index (χ4v) is 11.6. The second-order valence-electron chi connectivity index (χ2n) is 20.8. The number of thiazole rings is 1. The molecule has 22 heteroatoms. The van der Waals surface area contributed by atoms with Crippen LogP contribution >= 0.6 is 22.7 Å². The monoisotopic (exact) mass is 1130 g/mol. The topological polar surface area (TPSA) is 262 Å². The first-order chi connectivity index (χ1) is 38.3. The molecule has 5 atom stereocenters. The Morgan fingerprint density at radius 3 is 2.15 bits per heavy atom. The Morgan fingerprint density at radius 1 is 0.850 bits per heavy atom. The normalized spacial score (nSPS) is 16.6. The minimum absolute atomic E-state index is 0.00834. The zero-order valence-corrected chi connectivity index (χ0v) is 47.9. The third-order valence-corrected chi connectivity index (χ3v) is 16.2. The zero-order valence-electron chi connectivity index (χ0n) is 46.2. The Labute approximate surface area is 472 Å². The minimum atomic E-state index is -1.02. The van der Waals surface area contributed by atoms with Crippen LogP contribution in [0.5, 0.6) is 0 Å². The molecule has 5 heterocycles. The van der Waals surface area contributed by atoms with Gasteiger partial charge in [-0.05, 0) is 80.0 Å². The molecule has 8 rings (SSSR count). The fourth-order valence-electron chi connectivity index (χ4n) is 9.58. The third-order valence-electron chi connectivity index (χ3n) is 14.0. The molecule has 0 saturated carbocycles. The average molecular weight is 1130 g/mol. The number of benzene rings is 3. The highest BCUT2D eigenvalue weighted by molar-refractivity contribution is 7.15. The number of β-amino-alcohol motifs (C(OH)–C–C–N with tert-alkyl or cyclic N) is 1. The summed E-state index contributed by atoms with van der Waals surface area (Å²) in [5.74, 6) is -1.05. The fraction of sp³-hybridized carbons (Fsp3) is 0.414. The molecule has 2 aliphatic heterocycles. The first-order valence-corrected chi connectivity index (χ1v) is 27.9. The number of nitrogens with zero attached hydrogens (tertiary/aromatic N) is 7. The van der Waals surface area contributed by atoms with Crippen LogP contribution in [0.15, 0.2) is 77.2 Å². The maximum Gasteiger partial charge on any atom is 0.308 e. The lowest BCUT2D eigenvalue weighted by molar-refractivity contribution is -0.144. The van der Waals surface area contributed by atoms with E-state index in [0.717, 1.165) is 65.1 Å². The van der Waals surface area contributed by atoms with Gasteiger partial charge in [0.2, 0.25) is 23.6 Å². The second kappa shape index (κ2) is 25.7. The summed E-state index contributed by atoms with van der Waals surface area (Å²) in [6.07, 6.45) is -0.861. The molecule has 20 nitrogen and oxygen atoms in total. The molecular weight excluding hydrogens is 1060 g/mol. The number of fused-ring (bicyclic) bond motifs is 3. The number of esters is 1. The molecule has 3 aromatic carbocycles. The van der Waals surface area contributed by atoms with Crippen molar-refractivity contribution in [2.45, 2.75) is 98.5 Å². The molecule has 4 amide bonds.